The molecule has 0 bridgehead atoms. The largest absolute Gasteiger partial charge is 0.378 e. The molecule has 2 aromatic heterocycles. The summed E-state index contributed by atoms with van der Waals surface area (Å²) in [5.41, 5.74) is 14.3. The Morgan fingerprint density at radius 1 is 1.14 bits per heavy atom. The van der Waals surface area contributed by atoms with Crippen LogP contribution in [0.1, 0.15) is 29.8 Å². The lowest BCUT2D eigenvalue weighted by Crippen LogP contribution is -2.37. The van der Waals surface area contributed by atoms with Crippen molar-refractivity contribution in [3.05, 3.63) is 65.4 Å². The van der Waals surface area contributed by atoms with Gasteiger partial charge in [0.2, 0.25) is 5.95 Å². The molecule has 2 fully saturated rings. The van der Waals surface area contributed by atoms with E-state index in [1.807, 2.05) is 17.0 Å². The third-order valence-electron chi connectivity index (χ3n) is 6.18. The maximum absolute atomic E-state index is 14.2. The van der Waals surface area contributed by atoms with Crippen LogP contribution < -0.4 is 26.5 Å². The molecule has 0 radical (unpaired) electrons. The van der Waals surface area contributed by atoms with E-state index < -0.39 is 5.82 Å². The molecule has 188 valence electrons. The molecule has 2 aliphatic heterocycles. The van der Waals surface area contributed by atoms with Gasteiger partial charge in [-0.3, -0.25) is 15.8 Å². The van der Waals surface area contributed by atoms with E-state index >= 15 is 0 Å². The first-order valence-electron chi connectivity index (χ1n) is 12.0. The van der Waals surface area contributed by atoms with Gasteiger partial charge in [-0.25, -0.2) is 14.8 Å². The monoisotopic (exact) mass is 491 g/mol. The minimum Gasteiger partial charge on any atom is -0.378 e. The Bertz CT molecular complexity index is 1210. The number of benzene rings is 1. The van der Waals surface area contributed by atoms with Crippen molar-refractivity contribution in [1.82, 2.24) is 25.8 Å². The molecule has 0 aliphatic carbocycles. The molecule has 10 nitrogen and oxygen atoms in total. The number of ether oxygens (including phenoxy) is 1. The normalized spacial score (nSPS) is 20.1. The van der Waals surface area contributed by atoms with Crippen LogP contribution in [0.4, 0.5) is 27.5 Å². The highest BCUT2D eigenvalue weighted by Gasteiger charge is 2.24. The van der Waals surface area contributed by atoms with Crippen molar-refractivity contribution >= 4 is 29.4 Å². The predicted octanol–water partition coefficient (Wildman–Crippen LogP) is 3.13. The average molecular weight is 492 g/mol. The Morgan fingerprint density at radius 3 is 2.75 bits per heavy atom. The van der Waals surface area contributed by atoms with Crippen molar-refractivity contribution in [3.63, 3.8) is 0 Å². The van der Waals surface area contributed by atoms with E-state index in [-0.39, 0.29) is 17.8 Å². The number of pyridine rings is 1. The third-order valence-corrected chi connectivity index (χ3v) is 6.18. The number of hydrogen-bond donors (Lipinski definition) is 4. The summed E-state index contributed by atoms with van der Waals surface area (Å²) in [5.74, 6) is 0.500. The molecular weight excluding hydrogens is 461 g/mol. The number of morpholine rings is 1. The fraction of sp³-hybridized carbons (Fsp3) is 0.360. The number of aromatic nitrogens is 3. The Morgan fingerprint density at radius 2 is 2.00 bits per heavy atom. The summed E-state index contributed by atoms with van der Waals surface area (Å²) in [5, 5.41) is 7.59. The summed E-state index contributed by atoms with van der Waals surface area (Å²) in [6, 6.07) is 10.6. The summed E-state index contributed by atoms with van der Waals surface area (Å²) >= 11 is 0. The summed E-state index contributed by atoms with van der Waals surface area (Å²) < 4.78 is 19.5. The van der Waals surface area contributed by atoms with Gasteiger partial charge in [-0.2, -0.15) is 10.1 Å². The second-order valence-corrected chi connectivity index (χ2v) is 9.04. The molecule has 1 aromatic carbocycles. The van der Waals surface area contributed by atoms with Crippen molar-refractivity contribution in [3.8, 4) is 0 Å². The second kappa shape index (κ2) is 10.9. The van der Waals surface area contributed by atoms with Crippen molar-refractivity contribution in [2.75, 3.05) is 48.5 Å². The Labute approximate surface area is 209 Å². The molecule has 4 heterocycles. The second-order valence-electron chi connectivity index (χ2n) is 9.04. The Hall–Kier alpha value is -3.67. The van der Waals surface area contributed by atoms with E-state index in [1.54, 1.807) is 12.4 Å². The minimum absolute atomic E-state index is 0.212. The highest BCUT2D eigenvalue weighted by Crippen LogP contribution is 2.29. The third kappa shape index (κ3) is 5.76. The quantitative estimate of drug-likeness (QED) is 0.293. The van der Waals surface area contributed by atoms with Crippen molar-refractivity contribution in [1.29, 1.82) is 0 Å². The summed E-state index contributed by atoms with van der Waals surface area (Å²) in [4.78, 5) is 14.5. The number of hydrogen-bond acceptors (Lipinski definition) is 10. The number of aryl methyl sites for hydroxylation is 1. The first kappa shape index (κ1) is 24.0. The molecule has 2 unspecified atom stereocenters. The van der Waals surface area contributed by atoms with Gasteiger partial charge >= 0.3 is 0 Å². The van der Waals surface area contributed by atoms with Gasteiger partial charge in [0, 0.05) is 25.3 Å². The number of hydrazone groups is 1. The smallest absolute Gasteiger partial charge is 0.245 e. The van der Waals surface area contributed by atoms with Gasteiger partial charge in [0.1, 0.15) is 0 Å². The van der Waals surface area contributed by atoms with E-state index in [1.165, 1.54) is 11.1 Å². The van der Waals surface area contributed by atoms with Crippen LogP contribution in [-0.2, 0) is 4.74 Å². The summed E-state index contributed by atoms with van der Waals surface area (Å²) in [6.07, 6.45) is 4.47. The van der Waals surface area contributed by atoms with Gasteiger partial charge in [-0.1, -0.05) is 13.0 Å². The van der Waals surface area contributed by atoms with Crippen LogP contribution in [0.5, 0.6) is 0 Å². The highest BCUT2D eigenvalue weighted by atomic mass is 19.1. The molecule has 4 N–H and O–H groups in total. The van der Waals surface area contributed by atoms with Crippen LogP contribution in [0.3, 0.4) is 0 Å². The van der Waals surface area contributed by atoms with Crippen LogP contribution in [0.15, 0.2) is 47.8 Å². The van der Waals surface area contributed by atoms with E-state index in [9.17, 15) is 4.39 Å². The molecule has 0 amide bonds. The average Bonchev–Trinajstić information content (AvgIpc) is 3.32. The topological polar surface area (TPSA) is 112 Å². The molecule has 11 heteroatoms. The van der Waals surface area contributed by atoms with E-state index in [2.05, 4.69) is 73.7 Å². The number of anilines is 4. The number of rotatable bonds is 7. The first-order chi connectivity index (χ1) is 17.5. The lowest BCUT2D eigenvalue weighted by molar-refractivity contribution is 0.122. The van der Waals surface area contributed by atoms with Crippen molar-refractivity contribution in [2.24, 2.45) is 11.0 Å². The molecule has 2 saturated heterocycles. The zero-order valence-electron chi connectivity index (χ0n) is 20.3. The van der Waals surface area contributed by atoms with Crippen LogP contribution >= 0.6 is 0 Å². The maximum Gasteiger partial charge on any atom is 0.245 e. The van der Waals surface area contributed by atoms with Crippen molar-refractivity contribution < 1.29 is 9.13 Å². The molecule has 0 spiro atoms. The van der Waals surface area contributed by atoms with Gasteiger partial charge in [0.05, 0.1) is 49.2 Å². The molecule has 5 rings (SSSR count). The SMILES string of the molecule is Cc1cc(Nc2ccc(/C=N/Nc3ncc(F)c(N4CCOCC4)n3)nc2)cc(C2NNCC2C)c1. The molecular formula is C25H30FN9O. The number of halogens is 1. The zero-order chi connectivity index (χ0) is 24.9. The first-order valence-corrected chi connectivity index (χ1v) is 12.0. The lowest BCUT2D eigenvalue weighted by atomic mass is 9.95. The summed E-state index contributed by atoms with van der Waals surface area (Å²) in [6.45, 7) is 7.53. The van der Waals surface area contributed by atoms with Crippen molar-refractivity contribution in [2.45, 2.75) is 19.9 Å². The molecule has 0 saturated carbocycles. The molecule has 2 atom stereocenters. The van der Waals surface area contributed by atoms with Gasteiger partial charge in [-0.05, 0) is 48.2 Å². The van der Waals surface area contributed by atoms with Crippen LogP contribution in [-0.4, -0.2) is 54.0 Å². The lowest BCUT2D eigenvalue weighted by Gasteiger charge is -2.27. The fourth-order valence-corrected chi connectivity index (χ4v) is 4.35. The Kier molecular flexibility index (Phi) is 7.31. The molecule has 36 heavy (non-hydrogen) atoms. The van der Waals surface area contributed by atoms with Gasteiger partial charge in [0.15, 0.2) is 11.6 Å². The van der Waals surface area contributed by atoms with Gasteiger partial charge in [-0.15, -0.1) is 0 Å². The van der Waals surface area contributed by atoms with Gasteiger partial charge in [0.25, 0.3) is 0 Å². The predicted molar refractivity (Wildman–Crippen MR) is 138 cm³/mol. The van der Waals surface area contributed by atoms with Crippen LogP contribution in [0.2, 0.25) is 0 Å². The fourth-order valence-electron chi connectivity index (χ4n) is 4.35. The zero-order valence-corrected chi connectivity index (χ0v) is 20.3. The standard InChI is InChI=1S/C25H30FN9O/c1-16-9-18(23-17(2)12-29-33-23)11-21(10-16)31-20-4-3-19(27-13-20)14-30-34-25-28-15-22(26)24(32-25)35-5-7-36-8-6-35/h3-4,9-11,13-15,17,23,29,31,33H,5-8,12H2,1-2H3,(H,28,32,34)/b30-14+. The molecule has 3 aromatic rings. The number of hydrazine groups is 1. The summed E-state index contributed by atoms with van der Waals surface area (Å²) in [7, 11) is 0. The van der Waals surface area contributed by atoms with E-state index in [4.69, 9.17) is 4.74 Å². The van der Waals surface area contributed by atoms with Gasteiger partial charge < -0.3 is 15.0 Å². The van der Waals surface area contributed by atoms with E-state index in [0.29, 0.717) is 37.9 Å². The van der Waals surface area contributed by atoms with Crippen LogP contribution in [0.25, 0.3) is 0 Å². The van der Waals surface area contributed by atoms with E-state index in [0.717, 1.165) is 24.1 Å². The Balaban J connectivity index is 1.21. The maximum atomic E-state index is 14.2. The van der Waals surface area contributed by atoms with Crippen LogP contribution in [0, 0.1) is 18.7 Å². The minimum atomic E-state index is -0.470. The number of nitrogens with zero attached hydrogens (tertiary/aromatic N) is 5. The number of nitrogens with one attached hydrogen (secondary N) is 4. The molecule has 2 aliphatic rings. The highest BCUT2D eigenvalue weighted by molar-refractivity contribution is 5.78.